The molecular weight excluding hydrogens is 311 g/mol. The fraction of sp³-hybridized carbons (Fsp3) is 0.278. The lowest BCUT2D eigenvalue weighted by Gasteiger charge is -2.30. The second-order valence-electron chi connectivity index (χ2n) is 5.83. The van der Waals surface area contributed by atoms with Gasteiger partial charge >= 0.3 is 0 Å². The van der Waals surface area contributed by atoms with Crippen molar-refractivity contribution in [1.29, 1.82) is 0 Å². The molecule has 0 radical (unpaired) electrons. The SMILES string of the molecule is C[NH+]1CCN(C(=O)/C(=C/c2cccs2)c2ccc(F)cc2)CC1. The molecule has 1 N–H and O–H groups in total. The molecule has 1 fully saturated rings. The monoisotopic (exact) mass is 331 g/mol. The standard InChI is InChI=1S/C18H19FN2OS/c1-20-8-10-21(11-9-20)18(22)17(13-16-3-2-12-23-16)14-4-6-15(19)7-5-14/h2-7,12-13H,8-11H2,1H3/p+1/b17-13+. The normalized spacial score (nSPS) is 16.6. The lowest BCUT2D eigenvalue weighted by Crippen LogP contribution is -3.12. The molecule has 0 bridgehead atoms. The highest BCUT2D eigenvalue weighted by atomic mass is 32.1. The molecule has 23 heavy (non-hydrogen) atoms. The summed E-state index contributed by atoms with van der Waals surface area (Å²) < 4.78 is 13.2. The molecule has 0 saturated carbocycles. The number of carbonyl (C=O) groups is 1. The molecule has 1 saturated heterocycles. The van der Waals surface area contributed by atoms with Crippen LogP contribution in [0.5, 0.6) is 0 Å². The van der Waals surface area contributed by atoms with E-state index in [1.165, 1.54) is 17.0 Å². The van der Waals surface area contributed by atoms with Crippen molar-refractivity contribution in [3.05, 3.63) is 58.0 Å². The molecule has 1 aromatic carbocycles. The van der Waals surface area contributed by atoms with Gasteiger partial charge in [-0.1, -0.05) is 18.2 Å². The second-order valence-corrected chi connectivity index (χ2v) is 6.81. The van der Waals surface area contributed by atoms with Gasteiger partial charge in [0.2, 0.25) is 0 Å². The predicted octanol–water partition coefficient (Wildman–Crippen LogP) is 1.78. The number of halogens is 1. The first-order valence-corrected chi connectivity index (χ1v) is 8.63. The van der Waals surface area contributed by atoms with Crippen molar-refractivity contribution in [3.63, 3.8) is 0 Å². The minimum Gasteiger partial charge on any atom is -0.334 e. The summed E-state index contributed by atoms with van der Waals surface area (Å²) in [6.07, 6.45) is 1.91. The molecule has 0 spiro atoms. The highest BCUT2D eigenvalue weighted by Crippen LogP contribution is 2.23. The molecule has 3 rings (SSSR count). The van der Waals surface area contributed by atoms with Crippen LogP contribution in [0, 0.1) is 5.82 Å². The van der Waals surface area contributed by atoms with Gasteiger partial charge in [-0.05, 0) is 35.2 Å². The number of rotatable bonds is 3. The third-order valence-corrected chi connectivity index (χ3v) is 4.94. The number of hydrogen-bond donors (Lipinski definition) is 1. The maximum Gasteiger partial charge on any atom is 0.254 e. The number of nitrogens with zero attached hydrogens (tertiary/aromatic N) is 1. The van der Waals surface area contributed by atoms with Gasteiger partial charge in [0.05, 0.1) is 33.2 Å². The molecule has 1 aliphatic rings. The maximum atomic E-state index is 13.2. The molecule has 0 aliphatic carbocycles. The number of nitrogens with one attached hydrogen (secondary N) is 1. The van der Waals surface area contributed by atoms with Gasteiger partial charge in [0.25, 0.3) is 5.91 Å². The first kappa shape index (κ1) is 15.9. The largest absolute Gasteiger partial charge is 0.334 e. The Kier molecular flexibility index (Phi) is 4.88. The van der Waals surface area contributed by atoms with Crippen LogP contribution < -0.4 is 4.90 Å². The zero-order valence-electron chi connectivity index (χ0n) is 13.1. The van der Waals surface area contributed by atoms with E-state index in [-0.39, 0.29) is 11.7 Å². The van der Waals surface area contributed by atoms with Crippen LogP contribution in [0.3, 0.4) is 0 Å². The number of piperazine rings is 1. The van der Waals surface area contributed by atoms with Gasteiger partial charge in [0.1, 0.15) is 5.82 Å². The lowest BCUT2D eigenvalue weighted by molar-refractivity contribution is -0.883. The summed E-state index contributed by atoms with van der Waals surface area (Å²) in [7, 11) is 2.14. The molecule has 0 atom stereocenters. The topological polar surface area (TPSA) is 24.8 Å². The van der Waals surface area contributed by atoms with Gasteiger partial charge in [0, 0.05) is 10.5 Å². The van der Waals surface area contributed by atoms with Crippen molar-refractivity contribution in [2.45, 2.75) is 0 Å². The predicted molar refractivity (Wildman–Crippen MR) is 91.8 cm³/mol. The van der Waals surface area contributed by atoms with Gasteiger partial charge in [-0.2, -0.15) is 0 Å². The Labute approximate surface area is 139 Å². The summed E-state index contributed by atoms with van der Waals surface area (Å²) in [5.74, 6) is -0.266. The van der Waals surface area contributed by atoms with E-state index in [0.717, 1.165) is 36.6 Å². The summed E-state index contributed by atoms with van der Waals surface area (Å²) in [5, 5.41) is 1.98. The third-order valence-electron chi connectivity index (χ3n) is 4.12. The molecule has 1 amide bonds. The molecule has 5 heteroatoms. The smallest absolute Gasteiger partial charge is 0.254 e. The zero-order valence-corrected chi connectivity index (χ0v) is 13.9. The van der Waals surface area contributed by atoms with Crippen LogP contribution in [-0.2, 0) is 4.79 Å². The molecule has 2 aromatic rings. The van der Waals surface area contributed by atoms with E-state index >= 15 is 0 Å². The highest BCUT2D eigenvalue weighted by Gasteiger charge is 2.24. The van der Waals surface area contributed by atoms with E-state index < -0.39 is 0 Å². The number of amides is 1. The number of benzene rings is 1. The van der Waals surface area contributed by atoms with Crippen LogP contribution in [0.4, 0.5) is 4.39 Å². The van der Waals surface area contributed by atoms with E-state index in [2.05, 4.69) is 7.05 Å². The minimum absolute atomic E-state index is 0.0255. The summed E-state index contributed by atoms with van der Waals surface area (Å²) in [4.78, 5) is 17.3. The molecule has 3 nitrogen and oxygen atoms in total. The van der Waals surface area contributed by atoms with Crippen LogP contribution in [-0.4, -0.2) is 44.0 Å². The molecule has 2 heterocycles. The van der Waals surface area contributed by atoms with Crippen LogP contribution in [0.25, 0.3) is 11.6 Å². The quantitative estimate of drug-likeness (QED) is 0.852. The number of likely N-dealkylation sites (N-methyl/N-ethyl adjacent to an activating group) is 1. The second kappa shape index (κ2) is 7.06. The van der Waals surface area contributed by atoms with Crippen molar-refractivity contribution in [1.82, 2.24) is 4.90 Å². The Morgan fingerprint density at radius 1 is 1.22 bits per heavy atom. The van der Waals surface area contributed by atoms with Gasteiger partial charge in [-0.25, -0.2) is 4.39 Å². The Morgan fingerprint density at radius 2 is 1.91 bits per heavy atom. The third kappa shape index (κ3) is 3.86. The summed E-state index contributed by atoms with van der Waals surface area (Å²) >= 11 is 1.59. The number of hydrogen-bond acceptors (Lipinski definition) is 2. The molecule has 1 aliphatic heterocycles. The van der Waals surface area contributed by atoms with Gasteiger partial charge in [-0.15, -0.1) is 11.3 Å². The van der Waals surface area contributed by atoms with E-state index in [4.69, 9.17) is 0 Å². The maximum absolute atomic E-state index is 13.2. The fourth-order valence-corrected chi connectivity index (χ4v) is 3.33. The Bertz CT molecular complexity index is 686. The van der Waals surface area contributed by atoms with E-state index in [0.29, 0.717) is 5.57 Å². The van der Waals surface area contributed by atoms with E-state index in [1.807, 2.05) is 28.5 Å². The summed E-state index contributed by atoms with van der Waals surface area (Å²) in [5.41, 5.74) is 1.39. The Balaban J connectivity index is 1.92. The summed E-state index contributed by atoms with van der Waals surface area (Å²) in [6, 6.07) is 10.1. The van der Waals surface area contributed by atoms with Crippen LogP contribution >= 0.6 is 11.3 Å². The van der Waals surface area contributed by atoms with Crippen LogP contribution in [0.15, 0.2) is 41.8 Å². The number of thiophene rings is 1. The molecule has 0 unspecified atom stereocenters. The number of quaternary nitrogens is 1. The molecule has 1 aromatic heterocycles. The van der Waals surface area contributed by atoms with Crippen molar-refractivity contribution in [2.75, 3.05) is 33.2 Å². The lowest BCUT2D eigenvalue weighted by atomic mass is 10.0. The highest BCUT2D eigenvalue weighted by molar-refractivity contribution is 7.11. The van der Waals surface area contributed by atoms with Crippen molar-refractivity contribution >= 4 is 28.9 Å². The van der Waals surface area contributed by atoms with Crippen LogP contribution in [0.2, 0.25) is 0 Å². The fourth-order valence-electron chi connectivity index (χ4n) is 2.68. The Morgan fingerprint density at radius 3 is 2.52 bits per heavy atom. The molecular formula is C18H20FN2OS+. The first-order valence-electron chi connectivity index (χ1n) is 7.75. The van der Waals surface area contributed by atoms with E-state index in [1.54, 1.807) is 23.5 Å². The van der Waals surface area contributed by atoms with Crippen molar-refractivity contribution in [3.8, 4) is 0 Å². The van der Waals surface area contributed by atoms with E-state index in [9.17, 15) is 9.18 Å². The first-order chi connectivity index (χ1) is 11.1. The minimum atomic E-state index is -0.292. The van der Waals surface area contributed by atoms with Gasteiger partial charge < -0.3 is 9.80 Å². The zero-order chi connectivity index (χ0) is 16.2. The average molecular weight is 331 g/mol. The number of carbonyl (C=O) groups excluding carboxylic acids is 1. The average Bonchev–Trinajstić information content (AvgIpc) is 3.07. The Hall–Kier alpha value is -1.98. The van der Waals surface area contributed by atoms with Crippen LogP contribution in [0.1, 0.15) is 10.4 Å². The van der Waals surface area contributed by atoms with Gasteiger partial charge in [-0.3, -0.25) is 4.79 Å². The van der Waals surface area contributed by atoms with Crippen molar-refractivity contribution in [2.24, 2.45) is 0 Å². The molecule has 120 valence electrons. The van der Waals surface area contributed by atoms with Gasteiger partial charge in [0.15, 0.2) is 0 Å². The van der Waals surface area contributed by atoms with Crippen molar-refractivity contribution < 1.29 is 14.1 Å². The summed E-state index contributed by atoms with van der Waals surface area (Å²) in [6.45, 7) is 3.43.